The van der Waals surface area contributed by atoms with Crippen molar-refractivity contribution in [2.75, 3.05) is 5.32 Å². The summed E-state index contributed by atoms with van der Waals surface area (Å²) in [5.74, 6) is -0.857. The van der Waals surface area contributed by atoms with Crippen LogP contribution in [0.15, 0.2) is 60.7 Å². The highest BCUT2D eigenvalue weighted by Gasteiger charge is 2.10. The van der Waals surface area contributed by atoms with Gasteiger partial charge in [0, 0.05) is 16.3 Å². The fourth-order valence-electron chi connectivity index (χ4n) is 2.65. The molecule has 1 amide bonds. The fourth-order valence-corrected chi connectivity index (χ4v) is 2.82. The van der Waals surface area contributed by atoms with Gasteiger partial charge in [0.25, 0.3) is 5.91 Å². The summed E-state index contributed by atoms with van der Waals surface area (Å²) in [5, 5.41) is 12.2. The van der Waals surface area contributed by atoms with Gasteiger partial charge in [-0.3, -0.25) is 4.79 Å². The first kappa shape index (κ1) is 17.2. The first-order chi connectivity index (χ1) is 13.0. The predicted molar refractivity (Wildman–Crippen MR) is 103 cm³/mol. The van der Waals surface area contributed by atoms with Crippen LogP contribution in [0.3, 0.4) is 0 Å². The van der Waals surface area contributed by atoms with Gasteiger partial charge in [0.2, 0.25) is 0 Å². The molecule has 0 spiro atoms. The summed E-state index contributed by atoms with van der Waals surface area (Å²) in [6.07, 6.45) is 0. The summed E-state index contributed by atoms with van der Waals surface area (Å²) in [6.45, 7) is 1.92. The quantitative estimate of drug-likeness (QED) is 0.556. The largest absolute Gasteiger partial charge is 0.322 e. The van der Waals surface area contributed by atoms with E-state index in [1.54, 1.807) is 30.3 Å². The van der Waals surface area contributed by atoms with Crippen molar-refractivity contribution >= 4 is 34.2 Å². The second-order valence-electron chi connectivity index (χ2n) is 6.09. The average molecular weight is 381 g/mol. The topological polar surface area (TPSA) is 59.8 Å². The zero-order valence-corrected chi connectivity index (χ0v) is 15.0. The number of nitrogens with zero attached hydrogens (tertiary/aromatic N) is 3. The van der Waals surface area contributed by atoms with Crippen LogP contribution in [0.1, 0.15) is 15.9 Å². The number of carbonyl (C=O) groups excluding carboxylic acids is 1. The molecule has 1 N–H and O–H groups in total. The SMILES string of the molecule is Cc1ccc(-n2nc3ccc(NC(=O)c4cccc(F)c4)cc3n2)cc1Cl. The van der Waals surface area contributed by atoms with Gasteiger partial charge in [-0.15, -0.1) is 10.2 Å². The number of aryl methyl sites for hydroxylation is 1. The van der Waals surface area contributed by atoms with Crippen LogP contribution in [0.2, 0.25) is 5.02 Å². The summed E-state index contributed by atoms with van der Waals surface area (Å²) in [4.78, 5) is 13.8. The Labute approximate surface area is 159 Å². The minimum absolute atomic E-state index is 0.244. The molecule has 0 bridgehead atoms. The molecule has 3 aromatic carbocycles. The molecule has 0 saturated heterocycles. The highest BCUT2D eigenvalue weighted by atomic mass is 35.5. The molecule has 4 rings (SSSR count). The number of hydrogen-bond acceptors (Lipinski definition) is 3. The molecular formula is C20H14ClFN4O. The summed E-state index contributed by atoms with van der Waals surface area (Å²) in [6, 6.07) is 16.3. The van der Waals surface area contributed by atoms with Crippen molar-refractivity contribution in [3.8, 4) is 5.69 Å². The Bertz CT molecular complexity index is 1170. The van der Waals surface area contributed by atoms with Crippen molar-refractivity contribution in [2.45, 2.75) is 6.92 Å². The zero-order chi connectivity index (χ0) is 19.0. The molecule has 1 aromatic heterocycles. The van der Waals surface area contributed by atoms with Crippen molar-refractivity contribution < 1.29 is 9.18 Å². The monoisotopic (exact) mass is 380 g/mol. The second kappa shape index (κ2) is 6.81. The van der Waals surface area contributed by atoms with E-state index in [0.29, 0.717) is 21.7 Å². The molecule has 5 nitrogen and oxygen atoms in total. The molecule has 0 saturated carbocycles. The summed E-state index contributed by atoms with van der Waals surface area (Å²) in [5.41, 5.74) is 3.80. The summed E-state index contributed by atoms with van der Waals surface area (Å²) in [7, 11) is 0. The van der Waals surface area contributed by atoms with Crippen LogP contribution in [0.25, 0.3) is 16.7 Å². The van der Waals surface area contributed by atoms with E-state index < -0.39 is 11.7 Å². The summed E-state index contributed by atoms with van der Waals surface area (Å²) < 4.78 is 13.3. The van der Waals surface area contributed by atoms with Crippen molar-refractivity contribution in [3.63, 3.8) is 0 Å². The Hall–Kier alpha value is -3.25. The number of benzene rings is 3. The third-order valence-corrected chi connectivity index (χ3v) is 4.52. The number of fused-ring (bicyclic) bond motifs is 1. The number of hydrogen-bond donors (Lipinski definition) is 1. The van der Waals surface area contributed by atoms with Crippen LogP contribution < -0.4 is 5.32 Å². The first-order valence-electron chi connectivity index (χ1n) is 8.20. The fraction of sp³-hybridized carbons (Fsp3) is 0.0500. The second-order valence-corrected chi connectivity index (χ2v) is 6.50. The molecule has 0 unspecified atom stereocenters. The first-order valence-corrected chi connectivity index (χ1v) is 8.58. The van der Waals surface area contributed by atoms with E-state index in [1.165, 1.54) is 23.0 Å². The smallest absolute Gasteiger partial charge is 0.255 e. The lowest BCUT2D eigenvalue weighted by Gasteiger charge is -2.04. The van der Waals surface area contributed by atoms with Crippen molar-refractivity contribution in [3.05, 3.63) is 82.6 Å². The van der Waals surface area contributed by atoms with Gasteiger partial charge in [-0.25, -0.2) is 4.39 Å². The van der Waals surface area contributed by atoms with Gasteiger partial charge in [0.15, 0.2) is 0 Å². The number of amides is 1. The maximum atomic E-state index is 13.3. The molecule has 0 aliphatic carbocycles. The van der Waals surface area contributed by atoms with Gasteiger partial charge in [0.05, 0.1) is 5.69 Å². The molecule has 0 atom stereocenters. The molecule has 0 aliphatic heterocycles. The normalized spacial score (nSPS) is 10.9. The average Bonchev–Trinajstić information content (AvgIpc) is 3.07. The number of nitrogens with one attached hydrogen (secondary N) is 1. The molecular weight excluding hydrogens is 367 g/mol. The predicted octanol–water partition coefficient (Wildman–Crippen LogP) is 4.77. The molecule has 0 aliphatic rings. The Morgan fingerprint density at radius 1 is 1.04 bits per heavy atom. The lowest BCUT2D eigenvalue weighted by Crippen LogP contribution is -2.11. The molecule has 4 aromatic rings. The minimum Gasteiger partial charge on any atom is -0.322 e. The number of carbonyl (C=O) groups is 1. The lowest BCUT2D eigenvalue weighted by atomic mass is 10.2. The number of halogens is 2. The van der Waals surface area contributed by atoms with Gasteiger partial charge in [-0.05, 0) is 61.0 Å². The standard InChI is InChI=1S/C20H14ClFN4O/c1-12-5-7-16(11-17(12)21)26-24-18-8-6-15(10-19(18)25-26)23-20(27)13-3-2-4-14(22)9-13/h2-11H,1H3,(H,23,27). The van der Waals surface area contributed by atoms with E-state index >= 15 is 0 Å². The van der Waals surface area contributed by atoms with E-state index in [9.17, 15) is 9.18 Å². The van der Waals surface area contributed by atoms with Gasteiger partial charge in [-0.1, -0.05) is 23.7 Å². The highest BCUT2D eigenvalue weighted by molar-refractivity contribution is 6.31. The maximum absolute atomic E-state index is 13.3. The van der Waals surface area contributed by atoms with Gasteiger partial charge >= 0.3 is 0 Å². The molecule has 134 valence electrons. The van der Waals surface area contributed by atoms with Crippen LogP contribution in [0.4, 0.5) is 10.1 Å². The van der Waals surface area contributed by atoms with Crippen molar-refractivity contribution in [1.29, 1.82) is 0 Å². The van der Waals surface area contributed by atoms with Crippen LogP contribution in [-0.2, 0) is 0 Å². The van der Waals surface area contributed by atoms with Crippen LogP contribution in [0, 0.1) is 12.7 Å². The van der Waals surface area contributed by atoms with Crippen molar-refractivity contribution in [1.82, 2.24) is 15.0 Å². The van der Waals surface area contributed by atoms with Crippen LogP contribution >= 0.6 is 11.6 Å². The van der Waals surface area contributed by atoms with E-state index in [-0.39, 0.29) is 5.56 Å². The Morgan fingerprint density at radius 2 is 1.85 bits per heavy atom. The van der Waals surface area contributed by atoms with Gasteiger partial charge in [-0.2, -0.15) is 4.80 Å². The third kappa shape index (κ3) is 3.52. The molecule has 0 radical (unpaired) electrons. The van der Waals surface area contributed by atoms with E-state index in [2.05, 4.69) is 15.5 Å². The number of rotatable bonds is 3. The van der Waals surface area contributed by atoms with Crippen molar-refractivity contribution in [2.24, 2.45) is 0 Å². The van der Waals surface area contributed by atoms with E-state index in [1.807, 2.05) is 19.1 Å². The van der Waals surface area contributed by atoms with E-state index in [0.717, 1.165) is 11.3 Å². The Balaban J connectivity index is 1.62. The Morgan fingerprint density at radius 3 is 2.63 bits per heavy atom. The van der Waals surface area contributed by atoms with Crippen LogP contribution in [0.5, 0.6) is 0 Å². The highest BCUT2D eigenvalue weighted by Crippen LogP contribution is 2.21. The third-order valence-electron chi connectivity index (χ3n) is 4.11. The van der Waals surface area contributed by atoms with Gasteiger partial charge in [0.1, 0.15) is 16.9 Å². The summed E-state index contributed by atoms with van der Waals surface area (Å²) >= 11 is 6.17. The van der Waals surface area contributed by atoms with Gasteiger partial charge < -0.3 is 5.32 Å². The molecule has 7 heteroatoms. The molecule has 1 heterocycles. The number of aromatic nitrogens is 3. The number of anilines is 1. The maximum Gasteiger partial charge on any atom is 0.255 e. The van der Waals surface area contributed by atoms with Crippen LogP contribution in [-0.4, -0.2) is 20.9 Å². The molecule has 0 fully saturated rings. The van der Waals surface area contributed by atoms with E-state index in [4.69, 9.17) is 11.6 Å². The zero-order valence-electron chi connectivity index (χ0n) is 14.3. The minimum atomic E-state index is -0.460. The molecule has 27 heavy (non-hydrogen) atoms. The Kier molecular flexibility index (Phi) is 4.33. The lowest BCUT2D eigenvalue weighted by molar-refractivity contribution is 0.102.